The van der Waals surface area contributed by atoms with Crippen molar-refractivity contribution in [2.45, 2.75) is 37.8 Å². The summed E-state index contributed by atoms with van der Waals surface area (Å²) in [7, 11) is 0. The summed E-state index contributed by atoms with van der Waals surface area (Å²) in [5.41, 5.74) is 7.66. The number of benzene rings is 1. The smallest absolute Gasteiger partial charge is 0.0541 e. The second kappa shape index (κ2) is 5.23. The van der Waals surface area contributed by atoms with Crippen LogP contribution in [-0.2, 0) is 0 Å². The Kier molecular flexibility index (Phi) is 3.91. The van der Waals surface area contributed by atoms with Crippen molar-refractivity contribution in [3.63, 3.8) is 0 Å². The van der Waals surface area contributed by atoms with E-state index in [4.69, 9.17) is 5.73 Å². The topological polar surface area (TPSA) is 58.3 Å². The van der Waals surface area contributed by atoms with Crippen LogP contribution in [0.2, 0.25) is 0 Å². The molecule has 1 aromatic carbocycles. The van der Waals surface area contributed by atoms with Gasteiger partial charge in [0.1, 0.15) is 0 Å². The summed E-state index contributed by atoms with van der Waals surface area (Å²) in [4.78, 5) is 0. The van der Waals surface area contributed by atoms with Crippen molar-refractivity contribution in [2.75, 3.05) is 11.1 Å². The number of anilines is 2. The van der Waals surface area contributed by atoms with Crippen molar-refractivity contribution in [2.24, 2.45) is 0 Å². The Morgan fingerprint density at radius 3 is 2.56 bits per heavy atom. The minimum Gasteiger partial charge on any atom is -0.399 e. The molecule has 0 bridgehead atoms. The number of nitrogens with two attached hydrogens (primary N) is 1. The lowest BCUT2D eigenvalue weighted by Gasteiger charge is -2.27. The molecule has 1 aromatic rings. The molecule has 0 aliphatic heterocycles. The van der Waals surface area contributed by atoms with E-state index in [9.17, 15) is 5.11 Å². The lowest BCUT2D eigenvalue weighted by Crippen LogP contribution is -2.28. The Labute approximate surface area is 110 Å². The van der Waals surface area contributed by atoms with Crippen LogP contribution in [0.1, 0.15) is 25.7 Å². The summed E-state index contributed by atoms with van der Waals surface area (Å²) in [6.07, 6.45) is 3.80. The molecule has 0 amide bonds. The first kappa shape index (κ1) is 12.0. The summed E-state index contributed by atoms with van der Waals surface area (Å²) in [6.45, 7) is 0. The first-order valence-electron chi connectivity index (χ1n) is 5.65. The Morgan fingerprint density at radius 1 is 1.25 bits per heavy atom. The van der Waals surface area contributed by atoms with E-state index < -0.39 is 0 Å². The van der Waals surface area contributed by atoms with E-state index in [-0.39, 0.29) is 6.10 Å². The summed E-state index contributed by atoms with van der Waals surface area (Å²) >= 11 is 2.29. The minimum absolute atomic E-state index is 0.0939. The van der Waals surface area contributed by atoms with E-state index in [0.29, 0.717) is 6.04 Å². The summed E-state index contributed by atoms with van der Waals surface area (Å²) in [5.74, 6) is 0. The van der Waals surface area contributed by atoms with Crippen LogP contribution < -0.4 is 11.1 Å². The average molecular weight is 332 g/mol. The molecule has 1 aliphatic carbocycles. The fourth-order valence-corrected chi connectivity index (χ4v) is 2.78. The van der Waals surface area contributed by atoms with Gasteiger partial charge < -0.3 is 16.2 Å². The van der Waals surface area contributed by atoms with Gasteiger partial charge in [-0.25, -0.2) is 0 Å². The highest BCUT2D eigenvalue weighted by Crippen LogP contribution is 2.26. The van der Waals surface area contributed by atoms with Crippen LogP contribution in [-0.4, -0.2) is 17.3 Å². The average Bonchev–Trinajstić information content (AvgIpc) is 2.25. The van der Waals surface area contributed by atoms with E-state index in [0.717, 1.165) is 40.6 Å². The van der Waals surface area contributed by atoms with Gasteiger partial charge in [-0.05, 0) is 66.5 Å². The van der Waals surface area contributed by atoms with Gasteiger partial charge in [0.25, 0.3) is 0 Å². The summed E-state index contributed by atoms with van der Waals surface area (Å²) in [6, 6.07) is 6.41. The van der Waals surface area contributed by atoms with Gasteiger partial charge in [0.2, 0.25) is 0 Å². The normalized spacial score (nSPS) is 25.4. The summed E-state index contributed by atoms with van der Waals surface area (Å²) < 4.78 is 1.16. The van der Waals surface area contributed by atoms with Crippen LogP contribution in [0.3, 0.4) is 0 Å². The number of aliphatic hydroxyl groups excluding tert-OH is 1. The van der Waals surface area contributed by atoms with Gasteiger partial charge >= 0.3 is 0 Å². The van der Waals surface area contributed by atoms with E-state index in [2.05, 4.69) is 27.9 Å². The van der Waals surface area contributed by atoms with Crippen molar-refractivity contribution in [3.05, 3.63) is 21.8 Å². The van der Waals surface area contributed by atoms with Gasteiger partial charge in [-0.2, -0.15) is 0 Å². The van der Waals surface area contributed by atoms with Gasteiger partial charge in [0.15, 0.2) is 0 Å². The molecule has 4 heteroatoms. The number of aliphatic hydroxyl groups is 1. The standard InChI is InChI=1S/C12H17IN2O/c13-11-7-8(14)1-6-12(11)15-9-2-4-10(16)5-3-9/h1,6-7,9-10,15-16H,2-5,14H2. The van der Waals surface area contributed by atoms with Crippen LogP contribution in [0.4, 0.5) is 11.4 Å². The molecule has 1 aliphatic rings. The SMILES string of the molecule is Nc1ccc(NC2CCC(O)CC2)c(I)c1. The largest absolute Gasteiger partial charge is 0.399 e. The first-order chi connectivity index (χ1) is 7.65. The van der Waals surface area contributed by atoms with E-state index in [1.807, 2.05) is 18.2 Å². The first-order valence-corrected chi connectivity index (χ1v) is 6.72. The minimum atomic E-state index is -0.0939. The number of hydrogen-bond donors (Lipinski definition) is 3. The zero-order valence-corrected chi connectivity index (χ0v) is 11.3. The van der Waals surface area contributed by atoms with Crippen molar-refractivity contribution in [1.29, 1.82) is 0 Å². The predicted molar refractivity (Wildman–Crippen MR) is 75.5 cm³/mol. The molecule has 88 valence electrons. The zero-order valence-electron chi connectivity index (χ0n) is 9.12. The molecule has 0 unspecified atom stereocenters. The van der Waals surface area contributed by atoms with E-state index in [1.165, 1.54) is 0 Å². The van der Waals surface area contributed by atoms with Gasteiger partial charge in [-0.15, -0.1) is 0 Å². The molecule has 0 spiro atoms. The molecule has 0 radical (unpaired) electrons. The molecular formula is C12H17IN2O. The van der Waals surface area contributed by atoms with Gasteiger partial charge in [-0.3, -0.25) is 0 Å². The van der Waals surface area contributed by atoms with Crippen LogP contribution in [0, 0.1) is 3.57 Å². The Balaban J connectivity index is 1.98. The Hall–Kier alpha value is -0.490. The molecule has 16 heavy (non-hydrogen) atoms. The van der Waals surface area contributed by atoms with Crippen LogP contribution in [0.5, 0.6) is 0 Å². The van der Waals surface area contributed by atoms with E-state index >= 15 is 0 Å². The third kappa shape index (κ3) is 3.01. The highest BCUT2D eigenvalue weighted by Gasteiger charge is 2.19. The monoisotopic (exact) mass is 332 g/mol. The zero-order chi connectivity index (χ0) is 11.5. The van der Waals surface area contributed by atoms with Crippen LogP contribution in [0.25, 0.3) is 0 Å². The molecule has 0 atom stereocenters. The molecule has 0 aromatic heterocycles. The molecule has 0 heterocycles. The van der Waals surface area contributed by atoms with Crippen molar-refractivity contribution in [3.8, 4) is 0 Å². The Morgan fingerprint density at radius 2 is 1.94 bits per heavy atom. The van der Waals surface area contributed by atoms with E-state index in [1.54, 1.807) is 0 Å². The highest BCUT2D eigenvalue weighted by atomic mass is 127. The molecule has 1 saturated carbocycles. The van der Waals surface area contributed by atoms with Crippen molar-refractivity contribution in [1.82, 2.24) is 0 Å². The lowest BCUT2D eigenvalue weighted by molar-refractivity contribution is 0.126. The number of nitrogens with one attached hydrogen (secondary N) is 1. The van der Waals surface area contributed by atoms with Gasteiger partial charge in [0, 0.05) is 21.0 Å². The number of nitrogen functional groups attached to an aromatic ring is 1. The van der Waals surface area contributed by atoms with Crippen LogP contribution >= 0.6 is 22.6 Å². The molecular weight excluding hydrogens is 315 g/mol. The highest BCUT2D eigenvalue weighted by molar-refractivity contribution is 14.1. The summed E-state index contributed by atoms with van der Waals surface area (Å²) in [5, 5.41) is 13.0. The second-order valence-electron chi connectivity index (χ2n) is 4.39. The third-order valence-electron chi connectivity index (χ3n) is 3.05. The Bertz CT molecular complexity index is 362. The third-order valence-corrected chi connectivity index (χ3v) is 3.94. The predicted octanol–water partition coefficient (Wildman–Crippen LogP) is 2.59. The second-order valence-corrected chi connectivity index (χ2v) is 5.55. The number of hydrogen-bond acceptors (Lipinski definition) is 3. The maximum atomic E-state index is 9.44. The molecule has 0 saturated heterocycles. The fraction of sp³-hybridized carbons (Fsp3) is 0.500. The van der Waals surface area contributed by atoms with Crippen LogP contribution in [0.15, 0.2) is 18.2 Å². The maximum Gasteiger partial charge on any atom is 0.0541 e. The molecule has 1 fully saturated rings. The molecule has 3 nitrogen and oxygen atoms in total. The fourth-order valence-electron chi connectivity index (χ4n) is 2.09. The van der Waals surface area contributed by atoms with Gasteiger partial charge in [-0.1, -0.05) is 0 Å². The number of halogens is 1. The lowest BCUT2D eigenvalue weighted by atomic mass is 9.93. The van der Waals surface area contributed by atoms with Crippen molar-refractivity contribution < 1.29 is 5.11 Å². The molecule has 4 N–H and O–H groups in total. The van der Waals surface area contributed by atoms with Gasteiger partial charge in [0.05, 0.1) is 6.10 Å². The maximum absolute atomic E-state index is 9.44. The number of rotatable bonds is 2. The van der Waals surface area contributed by atoms with Crippen molar-refractivity contribution >= 4 is 34.0 Å². The molecule has 2 rings (SSSR count). The quantitative estimate of drug-likeness (QED) is 0.576.